The van der Waals surface area contributed by atoms with Gasteiger partial charge in [0.1, 0.15) is 0 Å². The predicted octanol–water partition coefficient (Wildman–Crippen LogP) is 4.96. The smallest absolute Gasteiger partial charge is 0.151 e. The van der Waals surface area contributed by atoms with Crippen molar-refractivity contribution in [2.45, 2.75) is 51.0 Å². The summed E-state index contributed by atoms with van der Waals surface area (Å²) in [5, 5.41) is 1.13. The molecule has 1 aliphatic rings. The van der Waals surface area contributed by atoms with Crippen LogP contribution >= 0.6 is 23.2 Å². The van der Waals surface area contributed by atoms with Gasteiger partial charge in [0.2, 0.25) is 0 Å². The largest absolute Gasteiger partial charge is 0.299 e. The molecule has 4 heteroatoms. The van der Waals surface area contributed by atoms with Gasteiger partial charge in [-0.25, -0.2) is 0 Å². The van der Waals surface area contributed by atoms with Crippen molar-refractivity contribution in [1.82, 2.24) is 4.90 Å². The molecule has 0 amide bonds. The second-order valence-corrected chi connectivity index (χ2v) is 7.88. The molecule has 0 saturated heterocycles. The minimum absolute atomic E-state index is 0.0964. The molecule has 0 N–H and O–H groups in total. The van der Waals surface area contributed by atoms with Gasteiger partial charge in [0, 0.05) is 11.8 Å². The second kappa shape index (κ2) is 6.90. The van der Waals surface area contributed by atoms with Gasteiger partial charge in [-0.05, 0) is 50.6 Å². The van der Waals surface area contributed by atoms with Gasteiger partial charge in [-0.3, -0.25) is 9.69 Å². The molecule has 22 heavy (non-hydrogen) atoms. The van der Waals surface area contributed by atoms with Gasteiger partial charge < -0.3 is 0 Å². The van der Waals surface area contributed by atoms with Crippen LogP contribution < -0.4 is 0 Å². The van der Waals surface area contributed by atoms with Gasteiger partial charge in [-0.15, -0.1) is 0 Å². The summed E-state index contributed by atoms with van der Waals surface area (Å²) in [7, 11) is 4.00. The highest BCUT2D eigenvalue weighted by atomic mass is 35.5. The van der Waals surface area contributed by atoms with E-state index in [1.165, 1.54) is 0 Å². The number of carbonyl (C=O) groups excluding carboxylic acids is 1. The van der Waals surface area contributed by atoms with Gasteiger partial charge in [-0.1, -0.05) is 49.5 Å². The number of ketones is 1. The molecule has 0 bridgehead atoms. The van der Waals surface area contributed by atoms with Crippen molar-refractivity contribution in [2.24, 2.45) is 5.92 Å². The summed E-state index contributed by atoms with van der Waals surface area (Å²) in [5.74, 6) is 0.701. The lowest BCUT2D eigenvalue weighted by Crippen LogP contribution is -2.56. The standard InChI is InChI=1S/C18H25Cl2NO/c1-12(2)10-16(22)17(21(3)4)18(8-5-9-18)13-6-7-14(19)15(20)11-13/h6-7,11-12,17H,5,8-10H2,1-4H3. The predicted molar refractivity (Wildman–Crippen MR) is 93.9 cm³/mol. The van der Waals surface area contributed by atoms with Crippen LogP contribution in [0.2, 0.25) is 10.0 Å². The normalized spacial score (nSPS) is 18.4. The van der Waals surface area contributed by atoms with Crippen molar-refractivity contribution in [1.29, 1.82) is 0 Å². The van der Waals surface area contributed by atoms with E-state index in [1.54, 1.807) is 0 Å². The van der Waals surface area contributed by atoms with Crippen LogP contribution in [0.5, 0.6) is 0 Å². The number of rotatable bonds is 6. The number of nitrogens with zero attached hydrogens (tertiary/aromatic N) is 1. The van der Waals surface area contributed by atoms with Crippen LogP contribution in [-0.4, -0.2) is 30.8 Å². The fraction of sp³-hybridized carbons (Fsp3) is 0.611. The second-order valence-electron chi connectivity index (χ2n) is 7.07. The lowest BCUT2D eigenvalue weighted by molar-refractivity contribution is -0.128. The van der Waals surface area contributed by atoms with Crippen LogP contribution in [0.4, 0.5) is 0 Å². The molecule has 1 saturated carbocycles. The number of hydrogen-bond donors (Lipinski definition) is 0. The molecular formula is C18H25Cl2NO. The highest BCUT2D eigenvalue weighted by Crippen LogP contribution is 2.49. The van der Waals surface area contributed by atoms with E-state index in [0.29, 0.717) is 28.2 Å². The number of benzene rings is 1. The van der Waals surface area contributed by atoms with Crippen LogP contribution in [0.15, 0.2) is 18.2 Å². The summed E-state index contributed by atoms with van der Waals surface area (Å²) in [6, 6.07) is 5.73. The molecule has 1 aliphatic carbocycles. The Morgan fingerprint density at radius 1 is 1.23 bits per heavy atom. The average molecular weight is 342 g/mol. The maximum Gasteiger partial charge on any atom is 0.151 e. The highest BCUT2D eigenvalue weighted by Gasteiger charge is 2.49. The number of carbonyl (C=O) groups is 1. The van der Waals surface area contributed by atoms with Crippen LogP contribution in [-0.2, 0) is 10.2 Å². The van der Waals surface area contributed by atoms with Crippen LogP contribution in [0, 0.1) is 5.92 Å². The fourth-order valence-electron chi connectivity index (χ4n) is 3.69. The lowest BCUT2D eigenvalue weighted by atomic mass is 9.58. The Morgan fingerprint density at radius 2 is 1.86 bits per heavy atom. The highest BCUT2D eigenvalue weighted by molar-refractivity contribution is 6.42. The molecule has 0 aliphatic heterocycles. The molecule has 2 rings (SSSR count). The Kier molecular flexibility index (Phi) is 5.58. The lowest BCUT2D eigenvalue weighted by Gasteiger charge is -2.50. The van der Waals surface area contributed by atoms with E-state index in [1.807, 2.05) is 32.3 Å². The van der Waals surface area contributed by atoms with E-state index in [0.717, 1.165) is 24.8 Å². The first-order valence-corrected chi connectivity index (χ1v) is 8.68. The molecule has 1 atom stereocenters. The van der Waals surface area contributed by atoms with E-state index in [2.05, 4.69) is 18.7 Å². The van der Waals surface area contributed by atoms with Gasteiger partial charge in [0.15, 0.2) is 5.78 Å². The molecule has 122 valence electrons. The number of likely N-dealkylation sites (N-methyl/N-ethyl adjacent to an activating group) is 1. The zero-order chi connectivity index (χ0) is 16.5. The third kappa shape index (κ3) is 3.34. The van der Waals surface area contributed by atoms with Crippen LogP contribution in [0.25, 0.3) is 0 Å². The minimum atomic E-state index is -0.121. The Balaban J connectivity index is 2.41. The van der Waals surface area contributed by atoms with E-state index in [9.17, 15) is 4.79 Å². The Labute approximate surface area is 143 Å². The maximum atomic E-state index is 12.9. The molecule has 1 aromatic rings. The summed E-state index contributed by atoms with van der Waals surface area (Å²) in [6.07, 6.45) is 3.82. The Bertz CT molecular complexity index is 550. The van der Waals surface area contributed by atoms with E-state index in [4.69, 9.17) is 23.2 Å². The average Bonchev–Trinajstić information content (AvgIpc) is 2.35. The third-order valence-electron chi connectivity index (χ3n) is 4.69. The molecule has 1 unspecified atom stereocenters. The van der Waals surface area contributed by atoms with Gasteiger partial charge in [0.05, 0.1) is 16.1 Å². The van der Waals surface area contributed by atoms with Gasteiger partial charge >= 0.3 is 0 Å². The first kappa shape index (κ1) is 17.8. The van der Waals surface area contributed by atoms with E-state index >= 15 is 0 Å². The summed E-state index contributed by atoms with van der Waals surface area (Å²) in [6.45, 7) is 4.19. The molecule has 0 heterocycles. The maximum absolute atomic E-state index is 12.9. The number of Topliss-reactive ketones (excluding diaryl/α,β-unsaturated/α-hetero) is 1. The van der Waals surface area contributed by atoms with Crippen LogP contribution in [0.3, 0.4) is 0 Å². The topological polar surface area (TPSA) is 20.3 Å². The van der Waals surface area contributed by atoms with Crippen molar-refractivity contribution in [3.8, 4) is 0 Å². The Hall–Kier alpha value is -0.570. The SMILES string of the molecule is CC(C)CC(=O)C(N(C)C)C1(c2ccc(Cl)c(Cl)c2)CCC1. The quantitative estimate of drug-likeness (QED) is 0.728. The van der Waals surface area contributed by atoms with Crippen molar-refractivity contribution < 1.29 is 4.79 Å². The molecule has 1 fully saturated rings. The van der Waals surface area contributed by atoms with Gasteiger partial charge in [0.25, 0.3) is 0 Å². The first-order chi connectivity index (χ1) is 10.3. The van der Waals surface area contributed by atoms with E-state index in [-0.39, 0.29) is 11.5 Å². The van der Waals surface area contributed by atoms with Crippen molar-refractivity contribution >= 4 is 29.0 Å². The molecule has 1 aromatic carbocycles. The van der Waals surface area contributed by atoms with Crippen molar-refractivity contribution in [3.63, 3.8) is 0 Å². The molecule has 0 spiro atoms. The first-order valence-electron chi connectivity index (χ1n) is 7.92. The molecule has 0 radical (unpaired) electrons. The fourth-order valence-corrected chi connectivity index (χ4v) is 3.99. The number of halogens is 2. The molecule has 2 nitrogen and oxygen atoms in total. The van der Waals surface area contributed by atoms with Crippen molar-refractivity contribution in [2.75, 3.05) is 14.1 Å². The zero-order valence-corrected chi connectivity index (χ0v) is 15.3. The Morgan fingerprint density at radius 3 is 2.27 bits per heavy atom. The van der Waals surface area contributed by atoms with Gasteiger partial charge in [-0.2, -0.15) is 0 Å². The molecule has 0 aromatic heterocycles. The van der Waals surface area contributed by atoms with Crippen molar-refractivity contribution in [3.05, 3.63) is 33.8 Å². The third-order valence-corrected chi connectivity index (χ3v) is 5.43. The number of hydrogen-bond acceptors (Lipinski definition) is 2. The molecular weight excluding hydrogens is 317 g/mol. The van der Waals surface area contributed by atoms with E-state index < -0.39 is 0 Å². The van der Waals surface area contributed by atoms with Crippen LogP contribution in [0.1, 0.15) is 45.1 Å². The zero-order valence-electron chi connectivity index (χ0n) is 13.8. The summed E-state index contributed by atoms with van der Waals surface area (Å²) < 4.78 is 0. The minimum Gasteiger partial charge on any atom is -0.299 e. The summed E-state index contributed by atoms with van der Waals surface area (Å²) in [4.78, 5) is 14.9. The summed E-state index contributed by atoms with van der Waals surface area (Å²) in [5.41, 5.74) is 1.02. The monoisotopic (exact) mass is 341 g/mol. The summed E-state index contributed by atoms with van der Waals surface area (Å²) >= 11 is 12.3.